The fourth-order valence-electron chi connectivity index (χ4n) is 5.03. The summed E-state index contributed by atoms with van der Waals surface area (Å²) in [6.07, 6.45) is 8.20. The van der Waals surface area contributed by atoms with Crippen LogP contribution in [0.25, 0.3) is 11.1 Å². The molecule has 1 saturated heterocycles. The second kappa shape index (κ2) is 9.78. The Kier molecular flexibility index (Phi) is 7.04. The van der Waals surface area contributed by atoms with Gasteiger partial charge < -0.3 is 4.74 Å². The van der Waals surface area contributed by atoms with E-state index in [1.54, 1.807) is 18.2 Å². The Labute approximate surface area is 187 Å². The molecule has 0 bridgehead atoms. The van der Waals surface area contributed by atoms with Crippen LogP contribution in [0.5, 0.6) is 0 Å². The average Bonchev–Trinajstić information content (AvgIpc) is 3.17. The van der Waals surface area contributed by atoms with Crippen molar-refractivity contribution in [3.05, 3.63) is 70.3 Å². The van der Waals surface area contributed by atoms with Gasteiger partial charge in [0.1, 0.15) is 0 Å². The lowest BCUT2D eigenvalue weighted by Crippen LogP contribution is -2.24. The Bertz CT molecular complexity index is 1010. The largest absolute Gasteiger partial charge is 0.374 e. The zero-order chi connectivity index (χ0) is 22.8. The summed E-state index contributed by atoms with van der Waals surface area (Å²) in [5, 5.41) is 0. The Morgan fingerprint density at radius 3 is 2.06 bits per heavy atom. The SMILES string of the molecule is C=CC1CCC(CCc2cc3c(c(F)c2F)-c2c(cc(CCCCC)c(F)c2F)C3)CO1. The highest BCUT2D eigenvalue weighted by atomic mass is 19.2. The molecule has 172 valence electrons. The van der Waals surface area contributed by atoms with E-state index >= 15 is 4.39 Å². The summed E-state index contributed by atoms with van der Waals surface area (Å²) in [5.41, 5.74) is 1.45. The summed E-state index contributed by atoms with van der Waals surface area (Å²) >= 11 is 0. The average molecular weight is 447 g/mol. The molecule has 0 aromatic heterocycles. The third-order valence-electron chi connectivity index (χ3n) is 6.90. The van der Waals surface area contributed by atoms with Crippen molar-refractivity contribution < 1.29 is 22.3 Å². The van der Waals surface area contributed by atoms with Crippen molar-refractivity contribution in [1.29, 1.82) is 0 Å². The summed E-state index contributed by atoms with van der Waals surface area (Å²) in [4.78, 5) is 0. The molecular formula is C27H30F4O. The molecular weight excluding hydrogens is 416 g/mol. The number of rotatable bonds is 8. The number of aryl methyl sites for hydroxylation is 2. The monoisotopic (exact) mass is 446 g/mol. The second-order valence-corrected chi connectivity index (χ2v) is 9.12. The molecule has 2 aromatic carbocycles. The fourth-order valence-corrected chi connectivity index (χ4v) is 5.03. The Hall–Kier alpha value is -2.14. The van der Waals surface area contributed by atoms with Gasteiger partial charge in [0.25, 0.3) is 0 Å². The summed E-state index contributed by atoms with van der Waals surface area (Å²) in [7, 11) is 0. The molecule has 0 N–H and O–H groups in total. The maximum atomic E-state index is 15.1. The Morgan fingerprint density at radius 1 is 0.906 bits per heavy atom. The van der Waals surface area contributed by atoms with E-state index in [-0.39, 0.29) is 23.1 Å². The van der Waals surface area contributed by atoms with Crippen molar-refractivity contribution in [2.24, 2.45) is 5.92 Å². The van der Waals surface area contributed by atoms with Crippen LogP contribution < -0.4 is 0 Å². The molecule has 5 heteroatoms. The topological polar surface area (TPSA) is 9.23 Å². The molecule has 0 spiro atoms. The first-order valence-corrected chi connectivity index (χ1v) is 11.7. The van der Waals surface area contributed by atoms with Gasteiger partial charge in [0, 0.05) is 11.1 Å². The van der Waals surface area contributed by atoms with Crippen LogP contribution in [0.2, 0.25) is 0 Å². The van der Waals surface area contributed by atoms with Crippen LogP contribution in [-0.4, -0.2) is 12.7 Å². The molecule has 1 heterocycles. The molecule has 2 atom stereocenters. The zero-order valence-electron chi connectivity index (χ0n) is 18.6. The minimum atomic E-state index is -1.07. The van der Waals surface area contributed by atoms with Gasteiger partial charge in [-0.25, -0.2) is 17.6 Å². The predicted molar refractivity (Wildman–Crippen MR) is 119 cm³/mol. The van der Waals surface area contributed by atoms with Crippen LogP contribution in [0.15, 0.2) is 24.8 Å². The standard InChI is InChI=1S/C27H30F4O/c1-3-5-6-7-17-12-19-14-20-13-18(10-8-16-9-11-21(4-2)32-15-16)25(29)27(31)23(20)22(19)26(30)24(17)28/h4,12-13,16,21H,2-3,5-11,14-15H2,1H3. The molecule has 4 rings (SSSR count). The highest BCUT2D eigenvalue weighted by Crippen LogP contribution is 2.43. The summed E-state index contributed by atoms with van der Waals surface area (Å²) < 4.78 is 65.3. The third kappa shape index (κ3) is 4.36. The number of benzene rings is 2. The highest BCUT2D eigenvalue weighted by Gasteiger charge is 2.32. The molecule has 0 saturated carbocycles. The van der Waals surface area contributed by atoms with E-state index in [9.17, 15) is 13.2 Å². The van der Waals surface area contributed by atoms with E-state index in [1.165, 1.54) is 0 Å². The Balaban J connectivity index is 1.56. The number of halogens is 4. The predicted octanol–water partition coefficient (Wildman–Crippen LogP) is 7.46. The van der Waals surface area contributed by atoms with E-state index in [1.807, 2.05) is 6.92 Å². The first-order valence-electron chi connectivity index (χ1n) is 11.7. The quantitative estimate of drug-likeness (QED) is 0.198. The van der Waals surface area contributed by atoms with Gasteiger partial charge in [-0.2, -0.15) is 0 Å². The van der Waals surface area contributed by atoms with Crippen LogP contribution in [0.4, 0.5) is 17.6 Å². The maximum absolute atomic E-state index is 15.1. The molecule has 2 aromatic rings. The van der Waals surface area contributed by atoms with Gasteiger partial charge in [-0.15, -0.1) is 6.58 Å². The second-order valence-electron chi connectivity index (χ2n) is 9.12. The van der Waals surface area contributed by atoms with Gasteiger partial charge in [-0.05, 0) is 73.1 Å². The molecule has 1 nitrogen and oxygen atoms in total. The molecule has 2 aliphatic rings. The molecule has 0 amide bonds. The number of hydrogen-bond donors (Lipinski definition) is 0. The minimum Gasteiger partial charge on any atom is -0.374 e. The van der Waals surface area contributed by atoms with E-state index < -0.39 is 23.3 Å². The number of unbranched alkanes of at least 4 members (excludes halogenated alkanes) is 2. The van der Waals surface area contributed by atoms with E-state index in [0.717, 1.165) is 32.1 Å². The van der Waals surface area contributed by atoms with Gasteiger partial charge in [-0.1, -0.05) is 38.0 Å². The molecule has 0 radical (unpaired) electrons. The molecule has 1 aliphatic carbocycles. The van der Waals surface area contributed by atoms with Crippen molar-refractivity contribution in [3.63, 3.8) is 0 Å². The first kappa shape index (κ1) is 23.0. The number of fused-ring (bicyclic) bond motifs is 3. The summed E-state index contributed by atoms with van der Waals surface area (Å²) in [5.74, 6) is -3.73. The van der Waals surface area contributed by atoms with Gasteiger partial charge in [0.05, 0.1) is 12.7 Å². The smallest absolute Gasteiger partial charge is 0.167 e. The van der Waals surface area contributed by atoms with Crippen molar-refractivity contribution >= 4 is 0 Å². The molecule has 1 fully saturated rings. The normalized spacial score (nSPS) is 19.7. The van der Waals surface area contributed by atoms with E-state index in [2.05, 4.69) is 6.58 Å². The van der Waals surface area contributed by atoms with Crippen molar-refractivity contribution in [3.8, 4) is 11.1 Å². The first-order chi connectivity index (χ1) is 15.4. The van der Waals surface area contributed by atoms with Gasteiger partial charge in [0.2, 0.25) is 0 Å². The lowest BCUT2D eigenvalue weighted by atomic mass is 9.91. The van der Waals surface area contributed by atoms with Gasteiger partial charge >= 0.3 is 0 Å². The summed E-state index contributed by atoms with van der Waals surface area (Å²) in [6, 6.07) is 3.27. The third-order valence-corrected chi connectivity index (χ3v) is 6.90. The van der Waals surface area contributed by atoms with Crippen LogP contribution in [0.1, 0.15) is 67.7 Å². The fraction of sp³-hybridized carbons (Fsp3) is 0.481. The molecule has 32 heavy (non-hydrogen) atoms. The zero-order valence-corrected chi connectivity index (χ0v) is 18.6. The maximum Gasteiger partial charge on any atom is 0.167 e. The molecule has 1 aliphatic heterocycles. The van der Waals surface area contributed by atoms with Crippen molar-refractivity contribution in [1.82, 2.24) is 0 Å². The lowest BCUT2D eigenvalue weighted by Gasteiger charge is -2.27. The number of ether oxygens (including phenoxy) is 1. The highest BCUT2D eigenvalue weighted by molar-refractivity contribution is 5.79. The van der Waals surface area contributed by atoms with Crippen LogP contribution in [0.3, 0.4) is 0 Å². The van der Waals surface area contributed by atoms with Crippen LogP contribution in [-0.2, 0) is 24.0 Å². The van der Waals surface area contributed by atoms with E-state index in [4.69, 9.17) is 4.74 Å². The lowest BCUT2D eigenvalue weighted by molar-refractivity contribution is 0.00880. The van der Waals surface area contributed by atoms with E-state index in [0.29, 0.717) is 54.5 Å². The van der Waals surface area contributed by atoms with Crippen LogP contribution in [0, 0.1) is 29.2 Å². The van der Waals surface area contributed by atoms with Crippen molar-refractivity contribution in [2.75, 3.05) is 6.61 Å². The van der Waals surface area contributed by atoms with Gasteiger partial charge in [-0.3, -0.25) is 0 Å². The minimum absolute atomic E-state index is 0.0704. The van der Waals surface area contributed by atoms with Crippen molar-refractivity contribution in [2.45, 2.75) is 70.8 Å². The van der Waals surface area contributed by atoms with Gasteiger partial charge in [0.15, 0.2) is 23.3 Å². The van der Waals surface area contributed by atoms with Crippen LogP contribution >= 0.6 is 0 Å². The Morgan fingerprint density at radius 2 is 1.53 bits per heavy atom. The number of hydrogen-bond acceptors (Lipinski definition) is 1. The molecule has 2 unspecified atom stereocenters. The summed E-state index contributed by atoms with van der Waals surface area (Å²) in [6.45, 7) is 6.38.